The van der Waals surface area contributed by atoms with E-state index in [1.807, 2.05) is 0 Å². The number of hydrogen-bond acceptors (Lipinski definition) is 5. The van der Waals surface area contributed by atoms with Crippen LogP contribution in [0.1, 0.15) is 16.7 Å². The number of ether oxygens (including phenoxy) is 1. The number of nitrogens with zero attached hydrogens (tertiary/aromatic N) is 2. The van der Waals surface area contributed by atoms with Crippen LogP contribution < -0.4 is 10.2 Å². The minimum Gasteiger partial charge on any atom is -0.497 e. The van der Waals surface area contributed by atoms with Crippen molar-refractivity contribution in [2.75, 3.05) is 7.11 Å². The highest BCUT2D eigenvalue weighted by Gasteiger charge is 2.10. The van der Waals surface area contributed by atoms with Gasteiger partial charge in [-0.3, -0.25) is 9.78 Å². The van der Waals surface area contributed by atoms with Crippen molar-refractivity contribution in [3.8, 4) is 35.0 Å². The lowest BCUT2D eigenvalue weighted by atomic mass is 10.0. The van der Waals surface area contributed by atoms with Gasteiger partial charge < -0.3 is 9.15 Å². The third-order valence-corrected chi connectivity index (χ3v) is 4.38. The molecule has 5 nitrogen and oxygen atoms in total. The molecule has 0 fully saturated rings. The summed E-state index contributed by atoms with van der Waals surface area (Å²) in [5.74, 6) is 7.04. The molecule has 0 aliphatic heterocycles. The zero-order valence-corrected chi connectivity index (χ0v) is 15.5. The normalized spacial score (nSPS) is 10.1. The maximum Gasteiger partial charge on any atom is 0.193 e. The third-order valence-electron chi connectivity index (χ3n) is 4.38. The van der Waals surface area contributed by atoms with Gasteiger partial charge in [0.05, 0.1) is 18.1 Å². The molecule has 0 atom stereocenters. The second-order valence-corrected chi connectivity index (χ2v) is 6.20. The van der Waals surface area contributed by atoms with E-state index in [-0.39, 0.29) is 5.43 Å². The van der Waals surface area contributed by atoms with Crippen LogP contribution in [-0.2, 0) is 0 Å². The summed E-state index contributed by atoms with van der Waals surface area (Å²) in [6.07, 6.45) is 3.31. The molecule has 0 saturated heterocycles. The Morgan fingerprint density at radius 2 is 1.79 bits per heavy atom. The summed E-state index contributed by atoms with van der Waals surface area (Å²) in [6, 6.07) is 17.4. The Labute approximate surface area is 166 Å². The van der Waals surface area contributed by atoms with Crippen LogP contribution in [0.4, 0.5) is 0 Å². The van der Waals surface area contributed by atoms with Crippen molar-refractivity contribution in [1.82, 2.24) is 4.98 Å². The first-order chi connectivity index (χ1) is 14.2. The maximum atomic E-state index is 12.5. The Kier molecular flexibility index (Phi) is 4.80. The van der Waals surface area contributed by atoms with Crippen LogP contribution in [0.25, 0.3) is 22.3 Å². The van der Waals surface area contributed by atoms with Gasteiger partial charge in [-0.2, -0.15) is 5.26 Å². The lowest BCUT2D eigenvalue weighted by Crippen LogP contribution is -2.00. The summed E-state index contributed by atoms with van der Waals surface area (Å²) < 4.78 is 11.2. The molecule has 0 unspecified atom stereocenters. The summed E-state index contributed by atoms with van der Waals surface area (Å²) in [4.78, 5) is 16.5. The van der Waals surface area contributed by atoms with Crippen molar-refractivity contribution in [3.05, 3.63) is 93.9 Å². The monoisotopic (exact) mass is 378 g/mol. The highest BCUT2D eigenvalue weighted by atomic mass is 16.5. The molecule has 0 N–H and O–H groups in total. The molecule has 4 rings (SSSR count). The van der Waals surface area contributed by atoms with Gasteiger partial charge in [0.15, 0.2) is 5.43 Å². The molecule has 0 aliphatic rings. The van der Waals surface area contributed by atoms with Crippen molar-refractivity contribution in [1.29, 1.82) is 5.26 Å². The summed E-state index contributed by atoms with van der Waals surface area (Å²) in [6.45, 7) is 0. The van der Waals surface area contributed by atoms with Crippen molar-refractivity contribution in [2.45, 2.75) is 0 Å². The van der Waals surface area contributed by atoms with E-state index in [1.165, 1.54) is 6.07 Å². The Morgan fingerprint density at radius 3 is 2.55 bits per heavy atom. The number of benzene rings is 2. The molecule has 4 aromatic rings. The average molecular weight is 378 g/mol. The molecule has 2 heterocycles. The number of pyridine rings is 1. The molecule has 0 amide bonds. The largest absolute Gasteiger partial charge is 0.497 e. The van der Waals surface area contributed by atoms with Crippen LogP contribution in [0.5, 0.6) is 5.75 Å². The second-order valence-electron chi connectivity index (χ2n) is 6.20. The quantitative estimate of drug-likeness (QED) is 0.490. The fourth-order valence-corrected chi connectivity index (χ4v) is 2.88. The van der Waals surface area contributed by atoms with E-state index in [2.05, 4.69) is 22.9 Å². The molecule has 29 heavy (non-hydrogen) atoms. The van der Waals surface area contributed by atoms with Gasteiger partial charge in [-0.1, -0.05) is 11.8 Å². The summed E-state index contributed by atoms with van der Waals surface area (Å²) >= 11 is 0. The molecule has 0 saturated carbocycles. The number of rotatable bonds is 2. The van der Waals surface area contributed by atoms with Gasteiger partial charge in [0.1, 0.15) is 23.2 Å². The minimum absolute atomic E-state index is 0.155. The van der Waals surface area contributed by atoms with Crippen LogP contribution in [0.3, 0.4) is 0 Å². The van der Waals surface area contributed by atoms with Gasteiger partial charge in [0.25, 0.3) is 0 Å². The van der Waals surface area contributed by atoms with Gasteiger partial charge in [-0.15, -0.1) is 0 Å². The standard InChI is InChI=1S/C24H14N2O3/c1-28-20-6-7-21-22(27)14-23(29-24(21)13-20)18-4-5-19(15-25)17(12-18)3-2-16-8-10-26-11-9-16/h4-14H,1H3. The van der Waals surface area contributed by atoms with Gasteiger partial charge in [0, 0.05) is 41.2 Å². The number of hydrogen-bond donors (Lipinski definition) is 0. The molecule has 2 aromatic heterocycles. The number of methoxy groups -OCH3 is 1. The first-order valence-electron chi connectivity index (χ1n) is 8.76. The molecular weight excluding hydrogens is 364 g/mol. The molecular formula is C24H14N2O3. The predicted octanol–water partition coefficient (Wildman–Crippen LogP) is 4.14. The van der Waals surface area contributed by atoms with E-state index >= 15 is 0 Å². The van der Waals surface area contributed by atoms with Crippen LogP contribution in [0.15, 0.2) is 76.2 Å². The SMILES string of the molecule is COc1ccc2c(=O)cc(-c3ccc(C#N)c(C#Cc4ccncc4)c3)oc2c1. The maximum absolute atomic E-state index is 12.5. The van der Waals surface area contributed by atoms with E-state index in [0.717, 1.165) is 5.56 Å². The zero-order valence-electron chi connectivity index (χ0n) is 15.5. The Morgan fingerprint density at radius 1 is 0.966 bits per heavy atom. The minimum atomic E-state index is -0.155. The van der Waals surface area contributed by atoms with Gasteiger partial charge in [0.2, 0.25) is 0 Å². The summed E-state index contributed by atoms with van der Waals surface area (Å²) in [5, 5.41) is 9.88. The van der Waals surface area contributed by atoms with E-state index in [1.54, 1.807) is 68.0 Å². The van der Waals surface area contributed by atoms with Crippen molar-refractivity contribution in [3.63, 3.8) is 0 Å². The molecule has 2 aromatic carbocycles. The van der Waals surface area contributed by atoms with Crippen LogP contribution >= 0.6 is 0 Å². The molecule has 0 bridgehead atoms. The molecule has 0 radical (unpaired) electrons. The molecule has 138 valence electrons. The summed E-state index contributed by atoms with van der Waals surface area (Å²) in [7, 11) is 1.55. The number of aromatic nitrogens is 1. The number of nitriles is 1. The van der Waals surface area contributed by atoms with Crippen LogP contribution in [0.2, 0.25) is 0 Å². The lowest BCUT2D eigenvalue weighted by molar-refractivity contribution is 0.414. The first-order valence-corrected chi connectivity index (χ1v) is 8.76. The Bertz CT molecular complexity index is 1370. The van der Waals surface area contributed by atoms with Crippen LogP contribution in [0, 0.1) is 23.2 Å². The lowest BCUT2D eigenvalue weighted by Gasteiger charge is -2.06. The Balaban J connectivity index is 1.83. The van der Waals surface area contributed by atoms with E-state index in [0.29, 0.717) is 39.2 Å². The fourth-order valence-electron chi connectivity index (χ4n) is 2.88. The van der Waals surface area contributed by atoms with Crippen molar-refractivity contribution >= 4 is 11.0 Å². The molecule has 0 aliphatic carbocycles. The topological polar surface area (TPSA) is 76.1 Å². The smallest absolute Gasteiger partial charge is 0.193 e. The van der Waals surface area contributed by atoms with Gasteiger partial charge in [-0.05, 0) is 42.5 Å². The molecule has 5 heteroatoms. The van der Waals surface area contributed by atoms with E-state index in [4.69, 9.17) is 9.15 Å². The highest BCUT2D eigenvalue weighted by molar-refractivity contribution is 5.80. The van der Waals surface area contributed by atoms with Crippen molar-refractivity contribution in [2.24, 2.45) is 0 Å². The van der Waals surface area contributed by atoms with Crippen LogP contribution in [-0.4, -0.2) is 12.1 Å². The van der Waals surface area contributed by atoms with Crippen molar-refractivity contribution < 1.29 is 9.15 Å². The highest BCUT2D eigenvalue weighted by Crippen LogP contribution is 2.26. The van der Waals surface area contributed by atoms with Gasteiger partial charge in [-0.25, -0.2) is 0 Å². The Hall–Kier alpha value is -4.35. The fraction of sp³-hybridized carbons (Fsp3) is 0.0417. The third kappa shape index (κ3) is 3.71. The van der Waals surface area contributed by atoms with E-state index < -0.39 is 0 Å². The predicted molar refractivity (Wildman–Crippen MR) is 109 cm³/mol. The second kappa shape index (κ2) is 7.72. The zero-order chi connectivity index (χ0) is 20.2. The summed E-state index contributed by atoms with van der Waals surface area (Å²) in [5.41, 5.74) is 2.72. The average Bonchev–Trinajstić information content (AvgIpc) is 2.77. The van der Waals surface area contributed by atoms with E-state index in [9.17, 15) is 10.1 Å². The molecule has 0 spiro atoms. The van der Waals surface area contributed by atoms with Gasteiger partial charge >= 0.3 is 0 Å². The first kappa shape index (κ1) is 18.0. The number of fused-ring (bicyclic) bond motifs is 1.